The standard InChI is InChI=1S/C37H65N3/c1-5-8-9-10-11-12-13-14-15-16-17-18-19-20-21-22-23-24-33(4)38-28-27-34-32-39-37-26-25-35(31-36(34)37)40(29-6-2)30-7-3/h25-26,31-32,38-39H,4-24,27-30H2,1-3H3. The molecular weight excluding hydrogens is 486 g/mol. The maximum Gasteiger partial charge on any atom is 0.0458 e. The second-order valence-electron chi connectivity index (χ2n) is 12.2. The smallest absolute Gasteiger partial charge is 0.0458 e. The van der Waals surface area contributed by atoms with Crippen LogP contribution < -0.4 is 10.2 Å². The van der Waals surface area contributed by atoms with Crippen LogP contribution in [-0.4, -0.2) is 24.6 Å². The van der Waals surface area contributed by atoms with Crippen LogP contribution in [0.5, 0.6) is 0 Å². The summed E-state index contributed by atoms with van der Waals surface area (Å²) >= 11 is 0. The van der Waals surface area contributed by atoms with E-state index in [0.717, 1.165) is 32.5 Å². The molecule has 1 aromatic heterocycles. The molecule has 40 heavy (non-hydrogen) atoms. The Bertz CT molecular complexity index is 877. The first-order valence-electron chi connectivity index (χ1n) is 17.5. The van der Waals surface area contributed by atoms with Crippen molar-refractivity contribution in [2.24, 2.45) is 0 Å². The topological polar surface area (TPSA) is 31.1 Å². The Morgan fingerprint density at radius 3 is 1.75 bits per heavy atom. The van der Waals surface area contributed by atoms with Crippen LogP contribution in [0.3, 0.4) is 0 Å². The highest BCUT2D eigenvalue weighted by molar-refractivity contribution is 5.86. The summed E-state index contributed by atoms with van der Waals surface area (Å²) in [5.74, 6) is 0. The molecule has 228 valence electrons. The van der Waals surface area contributed by atoms with Crippen LogP contribution >= 0.6 is 0 Å². The van der Waals surface area contributed by atoms with Crippen molar-refractivity contribution in [1.82, 2.24) is 10.3 Å². The number of nitrogens with zero attached hydrogens (tertiary/aromatic N) is 1. The quantitative estimate of drug-likeness (QED) is 0.108. The molecule has 1 aromatic carbocycles. The Balaban J connectivity index is 1.47. The minimum Gasteiger partial charge on any atom is -0.388 e. The first-order valence-corrected chi connectivity index (χ1v) is 17.5. The van der Waals surface area contributed by atoms with Crippen molar-refractivity contribution in [3.63, 3.8) is 0 Å². The SMILES string of the molecule is C=C(CCCCCCCCCCCCCCCCCCC)NCCc1c[nH]c2ccc(N(CCC)CCC)cc12. The van der Waals surface area contributed by atoms with Crippen LogP contribution in [0, 0.1) is 0 Å². The van der Waals surface area contributed by atoms with Gasteiger partial charge in [0.1, 0.15) is 0 Å². The molecule has 3 heteroatoms. The number of H-pyrrole nitrogens is 1. The molecule has 0 unspecified atom stereocenters. The number of allylic oxidation sites excluding steroid dienone is 1. The van der Waals surface area contributed by atoms with Gasteiger partial charge >= 0.3 is 0 Å². The molecule has 0 saturated heterocycles. The molecule has 0 aliphatic rings. The van der Waals surface area contributed by atoms with Gasteiger partial charge in [-0.15, -0.1) is 0 Å². The highest BCUT2D eigenvalue weighted by Gasteiger charge is 2.09. The summed E-state index contributed by atoms with van der Waals surface area (Å²) in [6.45, 7) is 14.3. The lowest BCUT2D eigenvalue weighted by molar-refractivity contribution is 0.526. The van der Waals surface area contributed by atoms with Gasteiger partial charge in [0.05, 0.1) is 0 Å². The predicted octanol–water partition coefficient (Wildman–Crippen LogP) is 11.5. The van der Waals surface area contributed by atoms with Crippen LogP contribution in [0.2, 0.25) is 0 Å². The van der Waals surface area contributed by atoms with Gasteiger partial charge in [-0.1, -0.05) is 130 Å². The zero-order valence-corrected chi connectivity index (χ0v) is 26.9. The molecule has 0 aliphatic heterocycles. The van der Waals surface area contributed by atoms with Gasteiger partial charge < -0.3 is 15.2 Å². The Labute approximate surface area is 249 Å². The summed E-state index contributed by atoms with van der Waals surface area (Å²) in [6.07, 6.45) is 30.9. The van der Waals surface area contributed by atoms with Gasteiger partial charge in [0.15, 0.2) is 0 Å². The average molecular weight is 552 g/mol. The molecule has 2 N–H and O–H groups in total. The van der Waals surface area contributed by atoms with E-state index in [1.807, 2.05) is 0 Å². The number of aromatic nitrogens is 1. The van der Waals surface area contributed by atoms with Crippen molar-refractivity contribution in [2.45, 2.75) is 156 Å². The number of nitrogens with one attached hydrogen (secondary N) is 2. The number of benzene rings is 1. The van der Waals surface area contributed by atoms with E-state index in [0.29, 0.717) is 0 Å². The van der Waals surface area contributed by atoms with E-state index in [-0.39, 0.29) is 0 Å². The fourth-order valence-electron chi connectivity index (χ4n) is 6.01. The van der Waals surface area contributed by atoms with Crippen molar-refractivity contribution in [1.29, 1.82) is 0 Å². The van der Waals surface area contributed by atoms with Gasteiger partial charge in [0.2, 0.25) is 0 Å². The van der Waals surface area contributed by atoms with Crippen LogP contribution in [-0.2, 0) is 6.42 Å². The van der Waals surface area contributed by atoms with Gasteiger partial charge in [-0.3, -0.25) is 0 Å². The Morgan fingerprint density at radius 2 is 1.23 bits per heavy atom. The van der Waals surface area contributed by atoms with E-state index in [4.69, 9.17) is 0 Å². The molecule has 0 amide bonds. The third kappa shape index (κ3) is 14.6. The molecule has 0 radical (unpaired) electrons. The van der Waals surface area contributed by atoms with Crippen LogP contribution in [0.4, 0.5) is 5.69 Å². The highest BCUT2D eigenvalue weighted by Crippen LogP contribution is 2.25. The number of hydrogen-bond donors (Lipinski definition) is 2. The molecule has 0 bridgehead atoms. The molecular formula is C37H65N3. The molecule has 2 aromatic rings. The number of hydrogen-bond acceptors (Lipinski definition) is 2. The molecule has 0 atom stereocenters. The molecule has 0 saturated carbocycles. The van der Waals surface area contributed by atoms with Gasteiger partial charge in [-0.05, 0) is 55.9 Å². The molecule has 0 spiro atoms. The lowest BCUT2D eigenvalue weighted by atomic mass is 10.0. The first-order chi connectivity index (χ1) is 19.7. The van der Waals surface area contributed by atoms with E-state index in [1.54, 1.807) is 0 Å². The van der Waals surface area contributed by atoms with Crippen molar-refractivity contribution >= 4 is 16.6 Å². The summed E-state index contributed by atoms with van der Waals surface area (Å²) in [4.78, 5) is 6.00. The molecule has 3 nitrogen and oxygen atoms in total. The number of anilines is 1. The minimum absolute atomic E-state index is 0.961. The Morgan fingerprint density at radius 1 is 0.700 bits per heavy atom. The normalized spacial score (nSPS) is 11.4. The monoisotopic (exact) mass is 552 g/mol. The maximum absolute atomic E-state index is 4.30. The number of fused-ring (bicyclic) bond motifs is 1. The zero-order chi connectivity index (χ0) is 28.7. The number of rotatable bonds is 27. The van der Waals surface area contributed by atoms with Crippen molar-refractivity contribution in [3.05, 3.63) is 42.2 Å². The van der Waals surface area contributed by atoms with Gasteiger partial charge in [-0.2, -0.15) is 0 Å². The zero-order valence-electron chi connectivity index (χ0n) is 26.9. The van der Waals surface area contributed by atoms with E-state index >= 15 is 0 Å². The Kier molecular flexibility index (Phi) is 19.5. The van der Waals surface area contributed by atoms with Gasteiger partial charge in [0, 0.05) is 48.1 Å². The maximum atomic E-state index is 4.30. The van der Waals surface area contributed by atoms with Gasteiger partial charge in [-0.25, -0.2) is 0 Å². The van der Waals surface area contributed by atoms with E-state index < -0.39 is 0 Å². The second kappa shape index (κ2) is 22.8. The summed E-state index contributed by atoms with van der Waals surface area (Å²) in [7, 11) is 0. The van der Waals surface area contributed by atoms with Crippen molar-refractivity contribution < 1.29 is 0 Å². The van der Waals surface area contributed by atoms with Crippen molar-refractivity contribution in [2.75, 3.05) is 24.5 Å². The minimum atomic E-state index is 0.961. The number of aromatic amines is 1. The van der Waals surface area contributed by atoms with E-state index in [9.17, 15) is 0 Å². The molecule has 1 heterocycles. The summed E-state index contributed by atoms with van der Waals surface area (Å²) in [5, 5.41) is 4.97. The van der Waals surface area contributed by atoms with E-state index in [2.05, 4.69) is 66.9 Å². The second-order valence-corrected chi connectivity index (χ2v) is 12.2. The third-order valence-corrected chi connectivity index (χ3v) is 8.45. The molecule has 2 rings (SSSR count). The summed E-state index contributed by atoms with van der Waals surface area (Å²) in [6, 6.07) is 6.90. The fraction of sp³-hybridized carbons (Fsp3) is 0.730. The third-order valence-electron chi connectivity index (χ3n) is 8.45. The molecule has 0 fully saturated rings. The molecule has 0 aliphatic carbocycles. The van der Waals surface area contributed by atoms with E-state index in [1.165, 1.54) is 150 Å². The first kappa shape index (κ1) is 34.3. The summed E-state index contributed by atoms with van der Waals surface area (Å²) in [5.41, 5.74) is 5.21. The fourth-order valence-corrected chi connectivity index (χ4v) is 6.01. The van der Waals surface area contributed by atoms with Gasteiger partial charge in [0.25, 0.3) is 0 Å². The lowest BCUT2D eigenvalue weighted by Crippen LogP contribution is -2.24. The van der Waals surface area contributed by atoms with Crippen LogP contribution in [0.15, 0.2) is 36.7 Å². The Hall–Kier alpha value is -1.90. The largest absolute Gasteiger partial charge is 0.388 e. The predicted molar refractivity (Wildman–Crippen MR) is 181 cm³/mol. The average Bonchev–Trinajstić information content (AvgIpc) is 3.36. The lowest BCUT2D eigenvalue weighted by Gasteiger charge is -2.24. The summed E-state index contributed by atoms with van der Waals surface area (Å²) < 4.78 is 0. The van der Waals surface area contributed by atoms with Crippen LogP contribution in [0.1, 0.15) is 155 Å². The number of unbranched alkanes of at least 4 members (excludes halogenated alkanes) is 16. The highest BCUT2D eigenvalue weighted by atomic mass is 15.1. The van der Waals surface area contributed by atoms with Crippen molar-refractivity contribution in [3.8, 4) is 0 Å². The van der Waals surface area contributed by atoms with Crippen LogP contribution in [0.25, 0.3) is 10.9 Å².